The molecule has 2 rings (SSSR count). The summed E-state index contributed by atoms with van der Waals surface area (Å²) >= 11 is 0. The zero-order valence-corrected chi connectivity index (χ0v) is 13.6. The first-order chi connectivity index (χ1) is 10.7. The molecule has 1 aliphatic carbocycles. The van der Waals surface area contributed by atoms with E-state index >= 15 is 0 Å². The van der Waals surface area contributed by atoms with Gasteiger partial charge in [-0.15, -0.1) is 0 Å². The van der Waals surface area contributed by atoms with E-state index in [-0.39, 0.29) is 5.91 Å². The molecule has 1 fully saturated rings. The summed E-state index contributed by atoms with van der Waals surface area (Å²) in [4.78, 5) is 12.2. The average molecular weight is 307 g/mol. The van der Waals surface area contributed by atoms with Crippen LogP contribution in [-0.2, 0) is 4.74 Å². The lowest BCUT2D eigenvalue weighted by Gasteiger charge is -2.12. The maximum absolute atomic E-state index is 12.2. The SMILES string of the molecule is COc1cc(C(=O)NCCCOCC2CC2)cc(OC)c1C. The summed E-state index contributed by atoms with van der Waals surface area (Å²) in [5, 5.41) is 2.89. The van der Waals surface area contributed by atoms with Crippen LogP contribution in [0.5, 0.6) is 11.5 Å². The highest BCUT2D eigenvalue weighted by molar-refractivity contribution is 5.95. The van der Waals surface area contributed by atoms with Gasteiger partial charge in [0.25, 0.3) is 5.91 Å². The summed E-state index contributed by atoms with van der Waals surface area (Å²) < 4.78 is 16.1. The number of methoxy groups -OCH3 is 2. The summed E-state index contributed by atoms with van der Waals surface area (Å²) in [5.41, 5.74) is 1.42. The van der Waals surface area contributed by atoms with E-state index < -0.39 is 0 Å². The number of carbonyl (C=O) groups is 1. The molecule has 0 aromatic heterocycles. The molecule has 0 aliphatic heterocycles. The van der Waals surface area contributed by atoms with Gasteiger partial charge in [-0.3, -0.25) is 4.79 Å². The zero-order chi connectivity index (χ0) is 15.9. The van der Waals surface area contributed by atoms with Gasteiger partial charge in [-0.2, -0.15) is 0 Å². The van der Waals surface area contributed by atoms with Crippen LogP contribution < -0.4 is 14.8 Å². The molecule has 0 saturated heterocycles. The minimum Gasteiger partial charge on any atom is -0.496 e. The molecule has 0 bridgehead atoms. The Morgan fingerprint density at radius 3 is 2.41 bits per heavy atom. The lowest BCUT2D eigenvalue weighted by Crippen LogP contribution is -2.25. The van der Waals surface area contributed by atoms with Crippen molar-refractivity contribution >= 4 is 5.91 Å². The fraction of sp³-hybridized carbons (Fsp3) is 0.588. The molecule has 0 spiro atoms. The van der Waals surface area contributed by atoms with Crippen LogP contribution in [0, 0.1) is 12.8 Å². The quantitative estimate of drug-likeness (QED) is 0.712. The minimum absolute atomic E-state index is 0.126. The molecule has 22 heavy (non-hydrogen) atoms. The third-order valence-corrected chi connectivity index (χ3v) is 3.82. The molecule has 5 heteroatoms. The Balaban J connectivity index is 1.80. The first-order valence-corrected chi connectivity index (χ1v) is 7.74. The second kappa shape index (κ2) is 8.03. The summed E-state index contributed by atoms with van der Waals surface area (Å²) in [7, 11) is 3.17. The third kappa shape index (κ3) is 4.63. The van der Waals surface area contributed by atoms with Gasteiger partial charge in [0.05, 0.1) is 14.2 Å². The van der Waals surface area contributed by atoms with Gasteiger partial charge < -0.3 is 19.5 Å². The molecule has 122 valence electrons. The van der Waals surface area contributed by atoms with Crippen LogP contribution >= 0.6 is 0 Å². The fourth-order valence-electron chi connectivity index (χ4n) is 2.23. The van der Waals surface area contributed by atoms with E-state index in [0.29, 0.717) is 30.2 Å². The number of carbonyl (C=O) groups excluding carboxylic acids is 1. The van der Waals surface area contributed by atoms with Crippen LogP contribution in [0.2, 0.25) is 0 Å². The maximum Gasteiger partial charge on any atom is 0.251 e. The molecule has 1 amide bonds. The molecule has 1 aliphatic rings. The van der Waals surface area contributed by atoms with E-state index in [1.54, 1.807) is 26.4 Å². The van der Waals surface area contributed by atoms with Crippen molar-refractivity contribution in [3.05, 3.63) is 23.3 Å². The zero-order valence-electron chi connectivity index (χ0n) is 13.6. The third-order valence-electron chi connectivity index (χ3n) is 3.82. The predicted octanol–water partition coefficient (Wildman–Crippen LogP) is 2.56. The van der Waals surface area contributed by atoms with Crippen molar-refractivity contribution < 1.29 is 19.0 Å². The number of ether oxygens (including phenoxy) is 3. The summed E-state index contributed by atoms with van der Waals surface area (Å²) in [5.74, 6) is 1.95. The van der Waals surface area contributed by atoms with Gasteiger partial charge in [-0.25, -0.2) is 0 Å². The van der Waals surface area contributed by atoms with Gasteiger partial charge >= 0.3 is 0 Å². The number of rotatable bonds is 9. The van der Waals surface area contributed by atoms with Gasteiger partial charge in [-0.1, -0.05) is 0 Å². The molecule has 5 nitrogen and oxygen atoms in total. The van der Waals surface area contributed by atoms with Gasteiger partial charge in [0, 0.05) is 30.9 Å². The predicted molar refractivity (Wildman–Crippen MR) is 84.8 cm³/mol. The van der Waals surface area contributed by atoms with Crippen LogP contribution in [0.1, 0.15) is 35.2 Å². The second-order valence-corrected chi connectivity index (χ2v) is 5.63. The molecule has 0 radical (unpaired) electrons. The van der Waals surface area contributed by atoms with Gasteiger partial charge in [-0.05, 0) is 44.2 Å². The molecular weight excluding hydrogens is 282 g/mol. The lowest BCUT2D eigenvalue weighted by molar-refractivity contribution is 0.0936. The van der Waals surface area contributed by atoms with Crippen molar-refractivity contribution in [3.63, 3.8) is 0 Å². The number of hydrogen-bond acceptors (Lipinski definition) is 4. The highest BCUT2D eigenvalue weighted by Gasteiger charge is 2.20. The van der Waals surface area contributed by atoms with Crippen molar-refractivity contribution in [1.29, 1.82) is 0 Å². The molecular formula is C17H25NO4. The largest absolute Gasteiger partial charge is 0.496 e. The topological polar surface area (TPSA) is 56.8 Å². The van der Waals surface area contributed by atoms with Gasteiger partial charge in [0.2, 0.25) is 0 Å². The molecule has 1 aromatic carbocycles. The van der Waals surface area contributed by atoms with E-state index in [0.717, 1.165) is 24.5 Å². The number of hydrogen-bond donors (Lipinski definition) is 1. The Morgan fingerprint density at radius 1 is 1.23 bits per heavy atom. The molecule has 0 atom stereocenters. The summed E-state index contributed by atoms with van der Waals surface area (Å²) in [6.07, 6.45) is 3.42. The van der Waals surface area contributed by atoms with E-state index in [9.17, 15) is 4.79 Å². The first-order valence-electron chi connectivity index (χ1n) is 7.74. The standard InChI is InChI=1S/C17H25NO4/c1-12-15(20-2)9-14(10-16(12)21-3)17(19)18-7-4-8-22-11-13-5-6-13/h9-10,13H,4-8,11H2,1-3H3,(H,18,19). The summed E-state index contributed by atoms with van der Waals surface area (Å²) in [6.45, 7) is 4.05. The van der Waals surface area contributed by atoms with Crippen LogP contribution in [0.4, 0.5) is 0 Å². The van der Waals surface area contributed by atoms with Crippen LogP contribution in [-0.4, -0.2) is 39.9 Å². The van der Waals surface area contributed by atoms with E-state index in [4.69, 9.17) is 14.2 Å². The monoisotopic (exact) mass is 307 g/mol. The van der Waals surface area contributed by atoms with Crippen molar-refractivity contribution in [2.45, 2.75) is 26.2 Å². The van der Waals surface area contributed by atoms with Gasteiger partial charge in [0.1, 0.15) is 11.5 Å². The highest BCUT2D eigenvalue weighted by Crippen LogP contribution is 2.29. The highest BCUT2D eigenvalue weighted by atomic mass is 16.5. The molecule has 1 saturated carbocycles. The van der Waals surface area contributed by atoms with Crippen LogP contribution in [0.15, 0.2) is 12.1 Å². The Hall–Kier alpha value is -1.75. The smallest absolute Gasteiger partial charge is 0.251 e. The Labute approximate surface area is 131 Å². The van der Waals surface area contributed by atoms with Gasteiger partial charge in [0.15, 0.2) is 0 Å². The van der Waals surface area contributed by atoms with Crippen molar-refractivity contribution in [2.75, 3.05) is 34.0 Å². The lowest BCUT2D eigenvalue weighted by atomic mass is 10.1. The van der Waals surface area contributed by atoms with Crippen molar-refractivity contribution in [3.8, 4) is 11.5 Å². The number of benzene rings is 1. The number of nitrogens with one attached hydrogen (secondary N) is 1. The Morgan fingerprint density at radius 2 is 1.86 bits per heavy atom. The first kappa shape index (κ1) is 16.6. The molecule has 1 N–H and O–H groups in total. The average Bonchev–Trinajstić information content (AvgIpc) is 3.35. The minimum atomic E-state index is -0.126. The number of amides is 1. The second-order valence-electron chi connectivity index (χ2n) is 5.63. The van der Waals surface area contributed by atoms with Crippen LogP contribution in [0.25, 0.3) is 0 Å². The van der Waals surface area contributed by atoms with Crippen molar-refractivity contribution in [1.82, 2.24) is 5.32 Å². The molecule has 0 unspecified atom stereocenters. The Bertz CT molecular complexity index is 486. The van der Waals surface area contributed by atoms with E-state index in [1.807, 2.05) is 6.92 Å². The fourth-order valence-corrected chi connectivity index (χ4v) is 2.23. The van der Waals surface area contributed by atoms with E-state index in [2.05, 4.69) is 5.32 Å². The normalized spacial score (nSPS) is 13.8. The maximum atomic E-state index is 12.2. The van der Waals surface area contributed by atoms with Crippen LogP contribution in [0.3, 0.4) is 0 Å². The van der Waals surface area contributed by atoms with E-state index in [1.165, 1.54) is 12.8 Å². The molecule has 1 aromatic rings. The molecule has 0 heterocycles. The summed E-state index contributed by atoms with van der Waals surface area (Å²) in [6, 6.07) is 3.47. The Kier molecular flexibility index (Phi) is 6.07. The van der Waals surface area contributed by atoms with Crippen molar-refractivity contribution in [2.24, 2.45) is 5.92 Å².